The Hall–Kier alpha value is -3.42. The molecule has 3 aromatic rings. The van der Waals surface area contributed by atoms with Crippen LogP contribution in [0, 0.1) is 0 Å². The zero-order valence-corrected chi connectivity index (χ0v) is 14.2. The number of carbonyl (C=O) groups excluding carboxylic acids is 1. The molecular formula is C18H17N5O3. The van der Waals surface area contributed by atoms with Gasteiger partial charge in [0, 0.05) is 5.56 Å². The van der Waals surface area contributed by atoms with Crippen molar-refractivity contribution in [1.82, 2.24) is 20.4 Å². The van der Waals surface area contributed by atoms with E-state index in [1.54, 1.807) is 4.68 Å². The van der Waals surface area contributed by atoms with E-state index in [1.807, 2.05) is 49.4 Å². The van der Waals surface area contributed by atoms with Crippen molar-refractivity contribution >= 4 is 22.7 Å². The van der Waals surface area contributed by atoms with Crippen LogP contribution < -0.4 is 14.9 Å². The number of ether oxygens (including phenoxy) is 2. The van der Waals surface area contributed by atoms with Crippen molar-refractivity contribution in [2.45, 2.75) is 13.5 Å². The third-order valence-electron chi connectivity index (χ3n) is 4.02. The smallest absolute Gasteiger partial charge is 0.261 e. The molecule has 26 heavy (non-hydrogen) atoms. The van der Waals surface area contributed by atoms with Gasteiger partial charge in [0.1, 0.15) is 25.3 Å². The molecule has 0 radical (unpaired) electrons. The summed E-state index contributed by atoms with van der Waals surface area (Å²) in [5, 5.41) is 12.2. The molecule has 0 fully saturated rings. The number of amides is 1. The number of rotatable bonds is 4. The Morgan fingerprint density at radius 3 is 2.88 bits per heavy atom. The zero-order chi connectivity index (χ0) is 17.9. The molecule has 8 heteroatoms. The van der Waals surface area contributed by atoms with E-state index in [0.717, 1.165) is 22.3 Å². The Labute approximate surface area is 149 Å². The molecule has 0 atom stereocenters. The molecule has 2 aromatic carbocycles. The lowest BCUT2D eigenvalue weighted by Crippen LogP contribution is -2.25. The van der Waals surface area contributed by atoms with Crippen LogP contribution in [0.1, 0.15) is 12.5 Å². The molecule has 0 saturated carbocycles. The van der Waals surface area contributed by atoms with E-state index in [-0.39, 0.29) is 12.5 Å². The van der Waals surface area contributed by atoms with Crippen molar-refractivity contribution < 1.29 is 14.3 Å². The number of nitrogens with zero attached hydrogens (tertiary/aromatic N) is 4. The van der Waals surface area contributed by atoms with Gasteiger partial charge in [0.2, 0.25) is 0 Å². The van der Waals surface area contributed by atoms with Crippen LogP contribution in [0.4, 0.5) is 0 Å². The van der Waals surface area contributed by atoms with Gasteiger partial charge >= 0.3 is 0 Å². The molecule has 0 bridgehead atoms. The Balaban J connectivity index is 1.44. The summed E-state index contributed by atoms with van der Waals surface area (Å²) in [6, 6.07) is 13.0. The van der Waals surface area contributed by atoms with Crippen LogP contribution in [-0.4, -0.2) is 39.8 Å². The average molecular weight is 351 g/mol. The van der Waals surface area contributed by atoms with Crippen LogP contribution in [0.5, 0.6) is 11.5 Å². The van der Waals surface area contributed by atoms with Crippen molar-refractivity contribution in [3.63, 3.8) is 0 Å². The number of fused-ring (bicyclic) bond motifs is 2. The molecule has 1 aromatic heterocycles. The van der Waals surface area contributed by atoms with E-state index < -0.39 is 0 Å². The van der Waals surface area contributed by atoms with Crippen molar-refractivity contribution in [2.24, 2.45) is 5.10 Å². The fourth-order valence-electron chi connectivity index (χ4n) is 2.68. The SMILES string of the molecule is C/C(=N/NC(=O)Cn1nnc2ccccc21)c1ccc2c(c1)OCCO2. The number of hydrogen-bond acceptors (Lipinski definition) is 6. The zero-order valence-electron chi connectivity index (χ0n) is 14.2. The fourth-order valence-corrected chi connectivity index (χ4v) is 2.68. The molecule has 4 rings (SSSR count). The molecule has 0 unspecified atom stereocenters. The molecule has 2 heterocycles. The lowest BCUT2D eigenvalue weighted by Gasteiger charge is -2.18. The lowest BCUT2D eigenvalue weighted by atomic mass is 10.1. The number of nitrogens with one attached hydrogen (secondary N) is 1. The summed E-state index contributed by atoms with van der Waals surface area (Å²) in [6.45, 7) is 2.93. The van der Waals surface area contributed by atoms with Crippen molar-refractivity contribution in [3.8, 4) is 11.5 Å². The molecule has 132 valence electrons. The summed E-state index contributed by atoms with van der Waals surface area (Å²) in [4.78, 5) is 12.2. The maximum atomic E-state index is 12.2. The van der Waals surface area contributed by atoms with E-state index in [4.69, 9.17) is 9.47 Å². The first-order chi connectivity index (χ1) is 12.7. The predicted molar refractivity (Wildman–Crippen MR) is 95.3 cm³/mol. The maximum absolute atomic E-state index is 12.2. The summed E-state index contributed by atoms with van der Waals surface area (Å²) in [7, 11) is 0. The first kappa shape index (κ1) is 16.1. The highest BCUT2D eigenvalue weighted by Crippen LogP contribution is 2.30. The molecule has 1 N–H and O–H groups in total. The minimum absolute atomic E-state index is 0.0401. The molecule has 1 amide bonds. The summed E-state index contributed by atoms with van der Waals surface area (Å²) in [6.07, 6.45) is 0. The van der Waals surface area contributed by atoms with Crippen LogP contribution >= 0.6 is 0 Å². The number of para-hydroxylation sites is 1. The van der Waals surface area contributed by atoms with Crippen molar-refractivity contribution in [3.05, 3.63) is 48.0 Å². The Bertz CT molecular complexity index is 995. The minimum atomic E-state index is -0.280. The highest BCUT2D eigenvalue weighted by molar-refractivity contribution is 5.99. The molecule has 0 aliphatic carbocycles. The van der Waals surface area contributed by atoms with Gasteiger partial charge in [0.05, 0.1) is 11.2 Å². The third kappa shape index (κ3) is 3.21. The standard InChI is InChI=1S/C18H17N5O3/c1-12(13-6-7-16-17(10-13)26-9-8-25-16)19-21-18(24)11-23-15-5-3-2-4-14(15)20-22-23/h2-7,10H,8-9,11H2,1H3,(H,21,24)/b19-12-. The van der Waals surface area contributed by atoms with Gasteiger partial charge in [-0.3, -0.25) is 4.79 Å². The van der Waals surface area contributed by atoms with Gasteiger partial charge in [-0.15, -0.1) is 5.10 Å². The number of hydrazone groups is 1. The largest absolute Gasteiger partial charge is 0.486 e. The van der Waals surface area contributed by atoms with Gasteiger partial charge in [-0.1, -0.05) is 17.3 Å². The maximum Gasteiger partial charge on any atom is 0.261 e. The van der Waals surface area contributed by atoms with Gasteiger partial charge < -0.3 is 9.47 Å². The molecular weight excluding hydrogens is 334 g/mol. The number of carbonyl (C=O) groups is 1. The third-order valence-corrected chi connectivity index (χ3v) is 4.02. The Morgan fingerprint density at radius 1 is 1.19 bits per heavy atom. The first-order valence-corrected chi connectivity index (χ1v) is 8.22. The lowest BCUT2D eigenvalue weighted by molar-refractivity contribution is -0.121. The number of hydrogen-bond donors (Lipinski definition) is 1. The summed E-state index contributed by atoms with van der Waals surface area (Å²) < 4.78 is 12.6. The van der Waals surface area contributed by atoms with E-state index in [1.165, 1.54) is 0 Å². The summed E-state index contributed by atoms with van der Waals surface area (Å²) >= 11 is 0. The minimum Gasteiger partial charge on any atom is -0.486 e. The quantitative estimate of drug-likeness (QED) is 0.571. The summed E-state index contributed by atoms with van der Waals surface area (Å²) in [5.74, 6) is 1.12. The predicted octanol–water partition coefficient (Wildman–Crippen LogP) is 1.74. The van der Waals surface area contributed by atoms with Crippen LogP contribution in [0.3, 0.4) is 0 Å². The van der Waals surface area contributed by atoms with Crippen LogP contribution in [0.15, 0.2) is 47.6 Å². The van der Waals surface area contributed by atoms with E-state index >= 15 is 0 Å². The van der Waals surface area contributed by atoms with Gasteiger partial charge in [-0.05, 0) is 37.3 Å². The van der Waals surface area contributed by atoms with E-state index in [9.17, 15) is 4.79 Å². The van der Waals surface area contributed by atoms with Crippen molar-refractivity contribution in [1.29, 1.82) is 0 Å². The second-order valence-corrected chi connectivity index (χ2v) is 5.83. The molecule has 8 nitrogen and oxygen atoms in total. The molecule has 1 aliphatic rings. The number of benzene rings is 2. The van der Waals surface area contributed by atoms with Gasteiger partial charge in [0.15, 0.2) is 11.5 Å². The summed E-state index contributed by atoms with van der Waals surface area (Å²) in [5.41, 5.74) is 5.61. The highest BCUT2D eigenvalue weighted by atomic mass is 16.6. The highest BCUT2D eigenvalue weighted by Gasteiger charge is 2.13. The van der Waals surface area contributed by atoms with E-state index in [2.05, 4.69) is 20.8 Å². The van der Waals surface area contributed by atoms with Crippen molar-refractivity contribution in [2.75, 3.05) is 13.2 Å². The average Bonchev–Trinajstić information content (AvgIpc) is 3.08. The Morgan fingerprint density at radius 2 is 2.00 bits per heavy atom. The second-order valence-electron chi connectivity index (χ2n) is 5.83. The van der Waals surface area contributed by atoms with Crippen LogP contribution in [0.25, 0.3) is 11.0 Å². The monoisotopic (exact) mass is 351 g/mol. The molecule has 0 saturated heterocycles. The van der Waals surface area contributed by atoms with Gasteiger partial charge in [0.25, 0.3) is 5.91 Å². The van der Waals surface area contributed by atoms with Crippen LogP contribution in [0.2, 0.25) is 0 Å². The van der Waals surface area contributed by atoms with Gasteiger partial charge in [-0.2, -0.15) is 5.10 Å². The normalized spacial score (nSPS) is 13.7. The topological polar surface area (TPSA) is 90.6 Å². The molecule has 1 aliphatic heterocycles. The second kappa shape index (κ2) is 6.83. The fraction of sp³-hybridized carbons (Fsp3) is 0.222. The van der Waals surface area contributed by atoms with Crippen LogP contribution in [-0.2, 0) is 11.3 Å². The molecule has 0 spiro atoms. The number of aromatic nitrogens is 3. The van der Waals surface area contributed by atoms with Gasteiger partial charge in [-0.25, -0.2) is 10.1 Å². The van der Waals surface area contributed by atoms with E-state index in [0.29, 0.717) is 24.7 Å². The Kier molecular flexibility index (Phi) is 4.22. The first-order valence-electron chi connectivity index (χ1n) is 8.22.